The lowest BCUT2D eigenvalue weighted by atomic mass is 9.98. The molecule has 17 heavy (non-hydrogen) atoms. The molecule has 0 bridgehead atoms. The number of carbonyl (C=O) groups is 1. The summed E-state index contributed by atoms with van der Waals surface area (Å²) in [5.41, 5.74) is -0.247. The van der Waals surface area contributed by atoms with Gasteiger partial charge in [-0.15, -0.1) is 0 Å². The highest BCUT2D eigenvalue weighted by molar-refractivity contribution is 5.89. The number of rotatable bonds is 4. The van der Waals surface area contributed by atoms with Gasteiger partial charge in [0.05, 0.1) is 18.3 Å². The number of hydrogen-bond donors (Lipinski definition) is 1. The zero-order valence-electron chi connectivity index (χ0n) is 11.2. The standard InChI is InChI=1S/C13H24N2O2/c1-10(2)11-14-13(6-4-5-7-13)12(16)15(11)8-9-17-3/h10-11,14H,4-9H2,1-3H3. The largest absolute Gasteiger partial charge is 0.383 e. The minimum absolute atomic E-state index is 0.177. The molecular weight excluding hydrogens is 216 g/mol. The molecule has 98 valence electrons. The Morgan fingerprint density at radius 3 is 2.65 bits per heavy atom. The molecule has 0 aromatic rings. The van der Waals surface area contributed by atoms with E-state index in [0.717, 1.165) is 12.8 Å². The molecule has 4 nitrogen and oxygen atoms in total. The van der Waals surface area contributed by atoms with E-state index < -0.39 is 0 Å². The summed E-state index contributed by atoms with van der Waals surface area (Å²) < 4.78 is 5.11. The van der Waals surface area contributed by atoms with Crippen LogP contribution in [-0.2, 0) is 9.53 Å². The molecule has 1 amide bonds. The molecule has 4 heteroatoms. The number of nitrogens with zero attached hydrogens (tertiary/aromatic N) is 1. The highest BCUT2D eigenvalue weighted by atomic mass is 16.5. The molecular formula is C13H24N2O2. The van der Waals surface area contributed by atoms with Crippen molar-refractivity contribution in [3.63, 3.8) is 0 Å². The van der Waals surface area contributed by atoms with E-state index in [-0.39, 0.29) is 11.7 Å². The van der Waals surface area contributed by atoms with Crippen LogP contribution in [0.15, 0.2) is 0 Å². The van der Waals surface area contributed by atoms with Gasteiger partial charge in [-0.3, -0.25) is 10.1 Å². The maximum Gasteiger partial charge on any atom is 0.244 e. The molecule has 1 aliphatic carbocycles. The second-order valence-electron chi connectivity index (χ2n) is 5.61. The summed E-state index contributed by atoms with van der Waals surface area (Å²) in [6.45, 7) is 5.65. The first kappa shape index (κ1) is 12.8. The van der Waals surface area contributed by atoms with Crippen molar-refractivity contribution < 1.29 is 9.53 Å². The second kappa shape index (κ2) is 4.94. The molecule has 2 aliphatic rings. The predicted octanol–water partition coefficient (Wildman–Crippen LogP) is 1.36. The zero-order chi connectivity index (χ0) is 12.5. The average Bonchev–Trinajstić information content (AvgIpc) is 2.86. The van der Waals surface area contributed by atoms with Gasteiger partial charge in [-0.25, -0.2) is 0 Å². The van der Waals surface area contributed by atoms with Crippen molar-refractivity contribution in [2.75, 3.05) is 20.3 Å². The fourth-order valence-electron chi connectivity index (χ4n) is 3.12. The van der Waals surface area contributed by atoms with Gasteiger partial charge in [-0.1, -0.05) is 26.7 Å². The van der Waals surface area contributed by atoms with Gasteiger partial charge in [0.2, 0.25) is 5.91 Å². The zero-order valence-corrected chi connectivity index (χ0v) is 11.2. The first-order valence-electron chi connectivity index (χ1n) is 6.68. The minimum atomic E-state index is -0.247. The number of nitrogens with one attached hydrogen (secondary N) is 1. The molecule has 2 fully saturated rings. The van der Waals surface area contributed by atoms with Gasteiger partial charge in [0.25, 0.3) is 0 Å². The van der Waals surface area contributed by atoms with Crippen LogP contribution in [0.3, 0.4) is 0 Å². The van der Waals surface area contributed by atoms with Crippen molar-refractivity contribution in [2.24, 2.45) is 5.92 Å². The first-order valence-corrected chi connectivity index (χ1v) is 6.68. The van der Waals surface area contributed by atoms with Crippen molar-refractivity contribution in [1.29, 1.82) is 0 Å². The van der Waals surface area contributed by atoms with Crippen LogP contribution in [-0.4, -0.2) is 42.8 Å². The van der Waals surface area contributed by atoms with Crippen LogP contribution in [0.5, 0.6) is 0 Å². The van der Waals surface area contributed by atoms with Crippen LogP contribution in [0.2, 0.25) is 0 Å². The summed E-state index contributed by atoms with van der Waals surface area (Å²) >= 11 is 0. The minimum Gasteiger partial charge on any atom is -0.383 e. The number of ether oxygens (including phenoxy) is 1. The van der Waals surface area contributed by atoms with Crippen LogP contribution in [0.4, 0.5) is 0 Å². The lowest BCUT2D eigenvalue weighted by Gasteiger charge is -2.26. The Kier molecular flexibility index (Phi) is 3.73. The molecule has 1 atom stereocenters. The average molecular weight is 240 g/mol. The van der Waals surface area contributed by atoms with E-state index in [1.54, 1.807) is 7.11 Å². The third-order valence-corrected chi connectivity index (χ3v) is 4.06. The molecule has 1 spiro atoms. The van der Waals surface area contributed by atoms with Crippen LogP contribution in [0, 0.1) is 5.92 Å². The van der Waals surface area contributed by atoms with Gasteiger partial charge < -0.3 is 9.64 Å². The molecule has 2 rings (SSSR count). The Balaban J connectivity index is 2.13. The Hall–Kier alpha value is -0.610. The van der Waals surface area contributed by atoms with Crippen LogP contribution in [0.25, 0.3) is 0 Å². The summed E-state index contributed by atoms with van der Waals surface area (Å²) in [5.74, 6) is 0.738. The van der Waals surface area contributed by atoms with E-state index in [1.165, 1.54) is 12.8 Å². The van der Waals surface area contributed by atoms with Gasteiger partial charge in [-0.05, 0) is 18.8 Å². The summed E-state index contributed by atoms with van der Waals surface area (Å²) in [6, 6.07) is 0. The van der Waals surface area contributed by atoms with Gasteiger partial charge in [0, 0.05) is 13.7 Å². The number of methoxy groups -OCH3 is 1. The van der Waals surface area contributed by atoms with Crippen molar-refractivity contribution in [3.05, 3.63) is 0 Å². The number of amides is 1. The second-order valence-corrected chi connectivity index (χ2v) is 5.61. The number of carbonyl (C=O) groups excluding carboxylic acids is 1. The SMILES string of the molecule is COCCN1C(=O)C2(CCCC2)NC1C(C)C. The summed E-state index contributed by atoms with van der Waals surface area (Å²) in [7, 11) is 1.68. The first-order chi connectivity index (χ1) is 8.10. The van der Waals surface area contributed by atoms with E-state index in [2.05, 4.69) is 19.2 Å². The van der Waals surface area contributed by atoms with Crippen molar-refractivity contribution >= 4 is 5.91 Å². The fraction of sp³-hybridized carbons (Fsp3) is 0.923. The highest BCUT2D eigenvalue weighted by Gasteiger charge is 2.52. The summed E-state index contributed by atoms with van der Waals surface area (Å²) in [5, 5.41) is 3.60. The van der Waals surface area contributed by atoms with Crippen molar-refractivity contribution in [2.45, 2.75) is 51.2 Å². The maximum atomic E-state index is 12.6. The normalized spacial score (nSPS) is 27.6. The lowest BCUT2D eigenvalue weighted by molar-refractivity contribution is -0.134. The van der Waals surface area contributed by atoms with Crippen LogP contribution >= 0.6 is 0 Å². The highest BCUT2D eigenvalue weighted by Crippen LogP contribution is 2.37. The van der Waals surface area contributed by atoms with E-state index >= 15 is 0 Å². The summed E-state index contributed by atoms with van der Waals surface area (Å²) in [6.07, 6.45) is 4.51. The lowest BCUT2D eigenvalue weighted by Crippen LogP contribution is -2.45. The fourth-order valence-corrected chi connectivity index (χ4v) is 3.12. The molecule has 1 saturated carbocycles. The molecule has 1 saturated heterocycles. The van der Waals surface area contributed by atoms with Gasteiger partial charge >= 0.3 is 0 Å². The predicted molar refractivity (Wildman–Crippen MR) is 66.5 cm³/mol. The molecule has 0 radical (unpaired) electrons. The third kappa shape index (κ3) is 2.20. The molecule has 0 aromatic heterocycles. The number of hydrogen-bond acceptors (Lipinski definition) is 3. The van der Waals surface area contributed by atoms with Crippen molar-refractivity contribution in [1.82, 2.24) is 10.2 Å². The molecule has 1 heterocycles. The third-order valence-electron chi connectivity index (χ3n) is 4.06. The Bertz CT molecular complexity index is 285. The van der Waals surface area contributed by atoms with E-state index in [0.29, 0.717) is 25.0 Å². The molecule has 1 aliphatic heterocycles. The van der Waals surface area contributed by atoms with Crippen LogP contribution in [0.1, 0.15) is 39.5 Å². The van der Waals surface area contributed by atoms with E-state index in [4.69, 9.17) is 4.74 Å². The van der Waals surface area contributed by atoms with Gasteiger partial charge in [-0.2, -0.15) is 0 Å². The monoisotopic (exact) mass is 240 g/mol. The topological polar surface area (TPSA) is 41.6 Å². The van der Waals surface area contributed by atoms with Gasteiger partial charge in [0.15, 0.2) is 0 Å². The van der Waals surface area contributed by atoms with Gasteiger partial charge in [0.1, 0.15) is 0 Å². The molecule has 1 N–H and O–H groups in total. The van der Waals surface area contributed by atoms with Crippen molar-refractivity contribution in [3.8, 4) is 0 Å². The maximum absolute atomic E-state index is 12.6. The molecule has 0 aromatic carbocycles. The smallest absolute Gasteiger partial charge is 0.244 e. The summed E-state index contributed by atoms with van der Waals surface area (Å²) in [4.78, 5) is 14.5. The van der Waals surface area contributed by atoms with E-state index in [1.807, 2.05) is 4.90 Å². The Labute approximate surface area is 104 Å². The van der Waals surface area contributed by atoms with E-state index in [9.17, 15) is 4.79 Å². The molecule has 1 unspecified atom stereocenters. The Morgan fingerprint density at radius 2 is 2.12 bits per heavy atom. The van der Waals surface area contributed by atoms with Crippen LogP contribution < -0.4 is 5.32 Å². The quantitative estimate of drug-likeness (QED) is 0.806. The Morgan fingerprint density at radius 1 is 1.47 bits per heavy atom.